The number of nitrogens with one attached hydrogen (secondary N) is 1. The third-order valence-corrected chi connectivity index (χ3v) is 0.960. The van der Waals surface area contributed by atoms with E-state index in [9.17, 15) is 4.79 Å². The summed E-state index contributed by atoms with van der Waals surface area (Å²) in [5.41, 5.74) is 5.24. The Hall–Kier alpha value is -0.460. The second kappa shape index (κ2) is 6.26. The summed E-state index contributed by atoms with van der Waals surface area (Å²) in [4.78, 5) is 9.89. The molecule has 1 unspecified atom stereocenters. The molecule has 11 heavy (non-hydrogen) atoms. The van der Waals surface area contributed by atoms with Crippen LogP contribution in [0.4, 0.5) is 4.79 Å². The number of amides is 1. The maximum absolute atomic E-state index is 9.89. The van der Waals surface area contributed by atoms with Gasteiger partial charge < -0.3 is 20.9 Å². The zero-order valence-electron chi connectivity index (χ0n) is 5.99. The molecular weight excluding hydrogens is 168 g/mol. The van der Waals surface area contributed by atoms with E-state index in [-0.39, 0.29) is 11.9 Å². The second-order valence-electron chi connectivity index (χ2n) is 1.87. The molecule has 0 saturated heterocycles. The summed E-state index contributed by atoms with van der Waals surface area (Å²) in [5.74, 6) is 0. The van der Waals surface area contributed by atoms with Crippen LogP contribution in [0.1, 0.15) is 0 Å². The van der Waals surface area contributed by atoms with Crippen molar-refractivity contribution in [1.82, 2.24) is 5.32 Å². The van der Waals surface area contributed by atoms with E-state index in [4.69, 9.17) is 15.6 Å². The molecule has 4 N–H and O–H groups in total. The van der Waals surface area contributed by atoms with E-state index >= 15 is 0 Å². The van der Waals surface area contributed by atoms with Crippen LogP contribution in [0.2, 0.25) is 0 Å². The van der Waals surface area contributed by atoms with Crippen LogP contribution >= 0.6 is 12.6 Å². The number of hydrogen-bond acceptors (Lipinski definition) is 4. The standard InChI is InChI=1S/C5H12N2O3S/c6-4(11)3-10-2-1-7-5(8)9/h4,7,11H,1-3,6H2,(H,8,9). The van der Waals surface area contributed by atoms with E-state index in [1.807, 2.05) is 0 Å². The van der Waals surface area contributed by atoms with Crippen molar-refractivity contribution < 1.29 is 14.6 Å². The van der Waals surface area contributed by atoms with Crippen LogP contribution in [0.3, 0.4) is 0 Å². The first-order valence-corrected chi connectivity index (χ1v) is 3.62. The SMILES string of the molecule is NC(S)COCCNC(=O)O. The first kappa shape index (κ1) is 10.5. The molecule has 1 atom stereocenters. The highest BCUT2D eigenvalue weighted by Gasteiger charge is 1.95. The molecule has 6 heteroatoms. The van der Waals surface area contributed by atoms with Crippen LogP contribution in [0.15, 0.2) is 0 Å². The molecule has 0 aliphatic rings. The van der Waals surface area contributed by atoms with Crippen LogP contribution in [0.25, 0.3) is 0 Å². The summed E-state index contributed by atoms with van der Waals surface area (Å²) < 4.78 is 4.92. The summed E-state index contributed by atoms with van der Waals surface area (Å²) in [6, 6.07) is 0. The fourth-order valence-electron chi connectivity index (χ4n) is 0.434. The third kappa shape index (κ3) is 9.54. The number of nitrogens with two attached hydrogens (primary N) is 1. The third-order valence-electron chi connectivity index (χ3n) is 0.811. The van der Waals surface area contributed by atoms with Gasteiger partial charge in [0.2, 0.25) is 0 Å². The first-order chi connectivity index (χ1) is 5.13. The van der Waals surface area contributed by atoms with Gasteiger partial charge in [-0.15, -0.1) is 0 Å². The summed E-state index contributed by atoms with van der Waals surface area (Å²) in [5, 5.41) is 9.95. The lowest BCUT2D eigenvalue weighted by Gasteiger charge is -2.05. The van der Waals surface area contributed by atoms with Crippen molar-refractivity contribution in [3.63, 3.8) is 0 Å². The van der Waals surface area contributed by atoms with E-state index in [0.717, 1.165) is 0 Å². The average molecular weight is 180 g/mol. The van der Waals surface area contributed by atoms with Gasteiger partial charge in [-0.3, -0.25) is 0 Å². The van der Waals surface area contributed by atoms with Crippen molar-refractivity contribution in [3.05, 3.63) is 0 Å². The van der Waals surface area contributed by atoms with Gasteiger partial charge in [-0.2, -0.15) is 12.6 Å². The number of thiol groups is 1. The molecule has 0 aromatic carbocycles. The number of carbonyl (C=O) groups is 1. The molecule has 5 nitrogen and oxygen atoms in total. The Balaban J connectivity index is 2.97. The van der Waals surface area contributed by atoms with Gasteiger partial charge in [0, 0.05) is 6.54 Å². The van der Waals surface area contributed by atoms with Crippen LogP contribution in [-0.2, 0) is 4.74 Å². The number of ether oxygens (including phenoxy) is 1. The minimum atomic E-state index is -1.05. The molecule has 0 rings (SSSR count). The van der Waals surface area contributed by atoms with Crippen molar-refractivity contribution in [3.8, 4) is 0 Å². The highest BCUT2D eigenvalue weighted by atomic mass is 32.1. The molecule has 0 bridgehead atoms. The van der Waals surface area contributed by atoms with Crippen molar-refractivity contribution in [2.75, 3.05) is 19.8 Å². The monoisotopic (exact) mass is 180 g/mol. The molecule has 66 valence electrons. The number of carboxylic acid groups (broad SMARTS) is 1. The molecular formula is C5H12N2O3S. The molecule has 0 aliphatic carbocycles. The summed E-state index contributed by atoms with van der Waals surface area (Å²) >= 11 is 3.86. The number of rotatable bonds is 5. The minimum absolute atomic E-state index is 0.274. The van der Waals surface area contributed by atoms with Gasteiger partial charge in [0.05, 0.1) is 18.6 Å². The predicted octanol–water partition coefficient (Wildman–Crippen LogP) is -0.515. The maximum Gasteiger partial charge on any atom is 0.404 e. The Morgan fingerprint density at radius 2 is 2.45 bits per heavy atom. The number of hydrogen-bond donors (Lipinski definition) is 4. The lowest BCUT2D eigenvalue weighted by atomic mass is 10.6. The smallest absolute Gasteiger partial charge is 0.404 e. The lowest BCUT2D eigenvalue weighted by Crippen LogP contribution is -2.27. The van der Waals surface area contributed by atoms with Gasteiger partial charge >= 0.3 is 6.09 Å². The molecule has 1 amide bonds. The molecule has 0 heterocycles. The summed E-state index contributed by atoms with van der Waals surface area (Å²) in [7, 11) is 0. The van der Waals surface area contributed by atoms with Crippen LogP contribution in [-0.4, -0.2) is 36.3 Å². The van der Waals surface area contributed by atoms with Crippen molar-refractivity contribution in [2.24, 2.45) is 5.73 Å². The molecule has 0 radical (unpaired) electrons. The van der Waals surface area contributed by atoms with E-state index in [0.29, 0.717) is 13.2 Å². The average Bonchev–Trinajstić information content (AvgIpc) is 1.85. The molecule has 0 aromatic rings. The Morgan fingerprint density at radius 1 is 1.82 bits per heavy atom. The van der Waals surface area contributed by atoms with Crippen molar-refractivity contribution >= 4 is 18.7 Å². The summed E-state index contributed by atoms with van der Waals surface area (Å²) in [6.45, 7) is 0.917. The van der Waals surface area contributed by atoms with E-state index in [1.54, 1.807) is 0 Å². The fraction of sp³-hybridized carbons (Fsp3) is 0.800. The summed E-state index contributed by atoms with van der Waals surface area (Å²) in [6.07, 6.45) is -1.05. The Bertz CT molecular complexity index is 120. The van der Waals surface area contributed by atoms with Gasteiger partial charge in [0.25, 0.3) is 0 Å². The Kier molecular flexibility index (Phi) is 6.00. The normalized spacial score (nSPS) is 12.5. The Morgan fingerprint density at radius 3 is 2.91 bits per heavy atom. The zero-order valence-corrected chi connectivity index (χ0v) is 6.88. The van der Waals surface area contributed by atoms with Gasteiger partial charge in [-0.1, -0.05) is 0 Å². The van der Waals surface area contributed by atoms with Crippen LogP contribution in [0.5, 0.6) is 0 Å². The van der Waals surface area contributed by atoms with E-state index in [2.05, 4.69) is 17.9 Å². The first-order valence-electron chi connectivity index (χ1n) is 3.11. The van der Waals surface area contributed by atoms with Crippen LogP contribution in [0, 0.1) is 0 Å². The van der Waals surface area contributed by atoms with Crippen molar-refractivity contribution in [2.45, 2.75) is 5.37 Å². The van der Waals surface area contributed by atoms with E-state index < -0.39 is 6.09 Å². The zero-order chi connectivity index (χ0) is 8.69. The molecule has 0 spiro atoms. The minimum Gasteiger partial charge on any atom is -0.465 e. The topological polar surface area (TPSA) is 84.6 Å². The van der Waals surface area contributed by atoms with Crippen molar-refractivity contribution in [1.29, 1.82) is 0 Å². The predicted molar refractivity (Wildman–Crippen MR) is 43.8 cm³/mol. The second-order valence-corrected chi connectivity index (χ2v) is 2.54. The maximum atomic E-state index is 9.89. The van der Waals surface area contributed by atoms with Crippen LogP contribution < -0.4 is 11.1 Å². The highest BCUT2D eigenvalue weighted by molar-refractivity contribution is 7.80. The lowest BCUT2D eigenvalue weighted by molar-refractivity contribution is 0.134. The molecule has 0 aromatic heterocycles. The largest absolute Gasteiger partial charge is 0.465 e. The van der Waals surface area contributed by atoms with E-state index in [1.165, 1.54) is 0 Å². The highest BCUT2D eigenvalue weighted by Crippen LogP contribution is 1.84. The van der Waals surface area contributed by atoms with Gasteiger partial charge in [-0.05, 0) is 0 Å². The molecule has 0 fully saturated rings. The molecule has 0 saturated carbocycles. The quantitative estimate of drug-likeness (QED) is 0.261. The Labute approximate surface area is 70.3 Å². The van der Waals surface area contributed by atoms with Gasteiger partial charge in [-0.25, -0.2) is 4.79 Å². The van der Waals surface area contributed by atoms with Gasteiger partial charge in [0.1, 0.15) is 0 Å². The molecule has 0 aliphatic heterocycles. The fourth-order valence-corrected chi connectivity index (χ4v) is 0.540. The van der Waals surface area contributed by atoms with Gasteiger partial charge in [0.15, 0.2) is 0 Å².